The zero-order valence-corrected chi connectivity index (χ0v) is 10.5. The average Bonchev–Trinajstić information content (AvgIpc) is 2.88. The Morgan fingerprint density at radius 3 is 2.82 bits per heavy atom. The first kappa shape index (κ1) is 11.1. The molecule has 1 aromatic rings. The molecule has 0 aromatic carbocycles. The van der Waals surface area contributed by atoms with Crippen molar-refractivity contribution in [2.24, 2.45) is 0 Å². The van der Waals surface area contributed by atoms with Crippen molar-refractivity contribution in [3.8, 4) is 0 Å². The van der Waals surface area contributed by atoms with Gasteiger partial charge in [-0.3, -0.25) is 0 Å². The number of aromatic nitrogens is 1. The minimum absolute atomic E-state index is 0.334. The molecule has 0 unspecified atom stereocenters. The summed E-state index contributed by atoms with van der Waals surface area (Å²) in [6.07, 6.45) is 7.20. The summed E-state index contributed by atoms with van der Waals surface area (Å²) in [4.78, 5) is 3.38. The van der Waals surface area contributed by atoms with Crippen LogP contribution in [0.2, 0.25) is 0 Å². The van der Waals surface area contributed by atoms with Crippen LogP contribution < -0.4 is 0 Å². The second kappa shape index (κ2) is 4.00. The zero-order chi connectivity index (χ0) is 11.9. The Morgan fingerprint density at radius 1 is 1.35 bits per heavy atom. The first-order valence-electron chi connectivity index (χ1n) is 6.30. The lowest BCUT2D eigenvalue weighted by Crippen LogP contribution is -2.36. The number of hydrogen-bond donors (Lipinski definition) is 1. The summed E-state index contributed by atoms with van der Waals surface area (Å²) in [5, 5.41) is 0. The Balaban J connectivity index is 1.94. The summed E-state index contributed by atoms with van der Waals surface area (Å²) >= 11 is 0. The van der Waals surface area contributed by atoms with Gasteiger partial charge in [0.2, 0.25) is 0 Å². The molecule has 92 valence electrons. The van der Waals surface area contributed by atoms with E-state index in [1.807, 2.05) is 0 Å². The maximum Gasteiger partial charge on any atom is 0.172 e. The molecule has 1 aromatic heterocycles. The molecule has 0 atom stereocenters. The van der Waals surface area contributed by atoms with Crippen molar-refractivity contribution in [3.05, 3.63) is 28.6 Å². The van der Waals surface area contributed by atoms with E-state index in [-0.39, 0.29) is 5.79 Å². The Labute approximate surface area is 102 Å². The average molecular weight is 233 g/mol. The first-order chi connectivity index (χ1) is 8.19. The van der Waals surface area contributed by atoms with E-state index in [0.29, 0.717) is 0 Å². The van der Waals surface area contributed by atoms with Gasteiger partial charge in [-0.1, -0.05) is 11.6 Å². The normalized spacial score (nSPS) is 21.5. The topological polar surface area (TPSA) is 34.2 Å². The predicted molar refractivity (Wildman–Crippen MR) is 66.8 cm³/mol. The molecule has 0 bridgehead atoms. The predicted octanol–water partition coefficient (Wildman–Crippen LogP) is 2.67. The monoisotopic (exact) mass is 233 g/mol. The molecule has 17 heavy (non-hydrogen) atoms. The number of hydrogen-bond acceptors (Lipinski definition) is 2. The minimum atomic E-state index is -0.334. The molecular weight excluding hydrogens is 214 g/mol. The van der Waals surface area contributed by atoms with Crippen LogP contribution in [0.1, 0.15) is 37.1 Å². The summed E-state index contributed by atoms with van der Waals surface area (Å²) in [7, 11) is 0. The van der Waals surface area contributed by atoms with Crippen LogP contribution in [0.5, 0.6) is 0 Å². The maximum absolute atomic E-state index is 5.81. The van der Waals surface area contributed by atoms with Crippen LogP contribution in [0.25, 0.3) is 6.08 Å². The number of aryl methyl sites for hydroxylation is 1. The highest BCUT2D eigenvalue weighted by Crippen LogP contribution is 2.36. The highest BCUT2D eigenvalue weighted by atomic mass is 16.7. The van der Waals surface area contributed by atoms with E-state index in [1.54, 1.807) is 0 Å². The van der Waals surface area contributed by atoms with Crippen molar-refractivity contribution in [1.82, 2.24) is 4.98 Å². The van der Waals surface area contributed by atoms with E-state index in [4.69, 9.17) is 9.47 Å². The van der Waals surface area contributed by atoms with Crippen LogP contribution in [-0.4, -0.2) is 24.0 Å². The third-order valence-electron chi connectivity index (χ3n) is 3.57. The van der Waals surface area contributed by atoms with Crippen molar-refractivity contribution in [2.45, 2.75) is 38.9 Å². The summed E-state index contributed by atoms with van der Waals surface area (Å²) in [5.41, 5.74) is 5.33. The van der Waals surface area contributed by atoms with E-state index in [2.05, 4.69) is 31.1 Å². The van der Waals surface area contributed by atoms with Gasteiger partial charge in [0, 0.05) is 24.7 Å². The molecule has 1 fully saturated rings. The second-order valence-electron chi connectivity index (χ2n) is 5.21. The van der Waals surface area contributed by atoms with Crippen LogP contribution in [-0.2, 0) is 22.3 Å². The van der Waals surface area contributed by atoms with Gasteiger partial charge in [0.15, 0.2) is 5.79 Å². The molecule has 1 N–H and O–H groups in total. The van der Waals surface area contributed by atoms with Crippen LogP contribution in [0.15, 0.2) is 11.8 Å². The van der Waals surface area contributed by atoms with E-state index < -0.39 is 0 Å². The fourth-order valence-corrected chi connectivity index (χ4v) is 2.80. The molecule has 1 spiro atoms. The number of fused-ring (bicyclic) bond motifs is 1. The van der Waals surface area contributed by atoms with Gasteiger partial charge in [0.05, 0.1) is 13.2 Å². The summed E-state index contributed by atoms with van der Waals surface area (Å²) in [6.45, 7) is 5.72. The first-order valence-corrected chi connectivity index (χ1v) is 6.30. The van der Waals surface area contributed by atoms with Crippen LogP contribution in [0, 0.1) is 0 Å². The molecule has 1 aliphatic carbocycles. The number of ether oxygens (including phenoxy) is 2. The molecule has 3 heteroatoms. The molecule has 1 saturated heterocycles. The molecule has 0 amide bonds. The molecule has 1 aliphatic heterocycles. The SMILES string of the molecule is CC(C)=Cc1c[nH]c2c1CC1(CC2)OCCO1. The quantitative estimate of drug-likeness (QED) is 0.809. The molecule has 3 rings (SSSR count). The molecule has 2 aliphatic rings. The van der Waals surface area contributed by atoms with Crippen molar-refractivity contribution in [2.75, 3.05) is 13.2 Å². The van der Waals surface area contributed by atoms with E-state index in [0.717, 1.165) is 32.5 Å². The summed E-state index contributed by atoms with van der Waals surface area (Å²) in [6, 6.07) is 0. The van der Waals surface area contributed by atoms with Gasteiger partial charge in [0.1, 0.15) is 0 Å². The molecule has 2 heterocycles. The van der Waals surface area contributed by atoms with E-state index >= 15 is 0 Å². The maximum atomic E-state index is 5.81. The van der Waals surface area contributed by atoms with Gasteiger partial charge < -0.3 is 14.5 Å². The van der Waals surface area contributed by atoms with Crippen molar-refractivity contribution in [1.29, 1.82) is 0 Å². The Hall–Kier alpha value is -1.06. The van der Waals surface area contributed by atoms with Gasteiger partial charge in [0.25, 0.3) is 0 Å². The highest BCUT2D eigenvalue weighted by molar-refractivity contribution is 5.57. The minimum Gasteiger partial charge on any atom is -0.364 e. The molecule has 3 nitrogen and oxygen atoms in total. The fourth-order valence-electron chi connectivity index (χ4n) is 2.80. The van der Waals surface area contributed by atoms with Crippen LogP contribution >= 0.6 is 0 Å². The van der Waals surface area contributed by atoms with Gasteiger partial charge in [-0.25, -0.2) is 0 Å². The third-order valence-corrected chi connectivity index (χ3v) is 3.57. The lowest BCUT2D eigenvalue weighted by Gasteiger charge is -2.31. The second-order valence-corrected chi connectivity index (χ2v) is 5.21. The standard InChI is InChI=1S/C14H19NO2/c1-10(2)7-11-9-15-13-3-4-14(8-12(11)13)16-5-6-17-14/h7,9,15H,3-6,8H2,1-2H3. The van der Waals surface area contributed by atoms with Crippen molar-refractivity contribution < 1.29 is 9.47 Å². The lowest BCUT2D eigenvalue weighted by molar-refractivity contribution is -0.163. The van der Waals surface area contributed by atoms with Crippen molar-refractivity contribution >= 4 is 6.08 Å². The summed E-state index contributed by atoms with van der Waals surface area (Å²) in [5.74, 6) is -0.334. The van der Waals surface area contributed by atoms with E-state index in [9.17, 15) is 0 Å². The van der Waals surface area contributed by atoms with Crippen LogP contribution in [0.4, 0.5) is 0 Å². The van der Waals surface area contributed by atoms with Gasteiger partial charge >= 0.3 is 0 Å². The van der Waals surface area contributed by atoms with Crippen LogP contribution in [0.3, 0.4) is 0 Å². The molecule has 0 saturated carbocycles. The third kappa shape index (κ3) is 1.94. The zero-order valence-electron chi connectivity index (χ0n) is 10.5. The van der Waals surface area contributed by atoms with Crippen molar-refractivity contribution in [3.63, 3.8) is 0 Å². The van der Waals surface area contributed by atoms with Gasteiger partial charge in [-0.05, 0) is 31.4 Å². The molecule has 0 radical (unpaired) electrons. The number of H-pyrrole nitrogens is 1. The Kier molecular flexibility index (Phi) is 2.60. The highest BCUT2D eigenvalue weighted by Gasteiger charge is 2.40. The fraction of sp³-hybridized carbons (Fsp3) is 0.571. The number of allylic oxidation sites excluding steroid dienone is 1. The largest absolute Gasteiger partial charge is 0.364 e. The Bertz CT molecular complexity index is 449. The molecular formula is C14H19NO2. The smallest absolute Gasteiger partial charge is 0.172 e. The van der Waals surface area contributed by atoms with Gasteiger partial charge in [-0.2, -0.15) is 0 Å². The summed E-state index contributed by atoms with van der Waals surface area (Å²) < 4.78 is 11.6. The number of rotatable bonds is 1. The lowest BCUT2D eigenvalue weighted by atomic mass is 9.89. The van der Waals surface area contributed by atoms with E-state index in [1.165, 1.54) is 22.4 Å². The Morgan fingerprint density at radius 2 is 2.12 bits per heavy atom. The number of nitrogens with one attached hydrogen (secondary N) is 1. The number of aromatic amines is 1. The van der Waals surface area contributed by atoms with Gasteiger partial charge in [-0.15, -0.1) is 0 Å².